The topological polar surface area (TPSA) is 94.0 Å². The Hall–Kier alpha value is -2.59. The minimum atomic E-state index is -3.66. The number of ether oxygens (including phenoxy) is 2. The Balaban J connectivity index is 1.57. The number of carbonyl (C=O) groups is 1. The van der Waals surface area contributed by atoms with E-state index in [1.165, 1.54) is 16.8 Å². The van der Waals surface area contributed by atoms with Crippen molar-refractivity contribution in [2.75, 3.05) is 39.9 Å². The van der Waals surface area contributed by atoms with Crippen LogP contribution in [0.2, 0.25) is 0 Å². The van der Waals surface area contributed by atoms with Crippen LogP contribution >= 0.6 is 0 Å². The number of nitrogens with zero attached hydrogens (tertiary/aromatic N) is 4. The number of hydrogen-bond acceptors (Lipinski definition) is 6. The van der Waals surface area contributed by atoms with Crippen molar-refractivity contribution in [2.45, 2.75) is 11.4 Å². The molecule has 1 aliphatic rings. The lowest BCUT2D eigenvalue weighted by Gasteiger charge is -2.21. The molecular formula is C18H24N4O5S. The minimum Gasteiger partial charge on any atom is -0.497 e. The lowest BCUT2D eigenvalue weighted by atomic mass is 10.3. The van der Waals surface area contributed by atoms with E-state index in [4.69, 9.17) is 9.47 Å². The molecule has 2 heterocycles. The zero-order chi connectivity index (χ0) is 20.1. The van der Waals surface area contributed by atoms with Crippen molar-refractivity contribution in [1.82, 2.24) is 18.8 Å². The third-order valence-electron chi connectivity index (χ3n) is 4.50. The van der Waals surface area contributed by atoms with Gasteiger partial charge in [0.1, 0.15) is 11.5 Å². The summed E-state index contributed by atoms with van der Waals surface area (Å²) >= 11 is 0. The van der Waals surface area contributed by atoms with Gasteiger partial charge in [-0.25, -0.2) is 13.4 Å². The van der Waals surface area contributed by atoms with Gasteiger partial charge in [-0.3, -0.25) is 4.79 Å². The molecule has 10 heteroatoms. The van der Waals surface area contributed by atoms with Gasteiger partial charge in [0.25, 0.3) is 15.9 Å². The molecule has 0 unspecified atom stereocenters. The molecule has 1 aliphatic heterocycles. The highest BCUT2D eigenvalue weighted by Gasteiger charge is 2.29. The van der Waals surface area contributed by atoms with Crippen LogP contribution in [0.15, 0.2) is 41.8 Å². The van der Waals surface area contributed by atoms with Crippen molar-refractivity contribution in [3.05, 3.63) is 36.8 Å². The van der Waals surface area contributed by atoms with E-state index in [0.717, 1.165) is 0 Å². The zero-order valence-electron chi connectivity index (χ0n) is 15.9. The first kappa shape index (κ1) is 20.2. The first-order chi connectivity index (χ1) is 13.4. The summed E-state index contributed by atoms with van der Waals surface area (Å²) in [5.74, 6) is 1.01. The first-order valence-electron chi connectivity index (χ1n) is 8.93. The summed E-state index contributed by atoms with van der Waals surface area (Å²) in [6, 6.07) is 7.03. The molecule has 0 aliphatic carbocycles. The van der Waals surface area contributed by atoms with Crippen LogP contribution in [0, 0.1) is 0 Å². The van der Waals surface area contributed by atoms with Crippen LogP contribution in [0.1, 0.15) is 6.42 Å². The predicted molar refractivity (Wildman–Crippen MR) is 102 cm³/mol. The van der Waals surface area contributed by atoms with Gasteiger partial charge in [0.15, 0.2) is 11.6 Å². The molecule has 1 saturated heterocycles. The van der Waals surface area contributed by atoms with Crippen LogP contribution in [0.4, 0.5) is 0 Å². The number of carbonyl (C=O) groups excluding carboxylic acids is 1. The smallest absolute Gasteiger partial charge is 0.262 e. The summed E-state index contributed by atoms with van der Waals surface area (Å²) in [6.07, 6.45) is 3.48. The number of aryl methyl sites for hydroxylation is 1. The van der Waals surface area contributed by atoms with Crippen LogP contribution in [0.3, 0.4) is 0 Å². The van der Waals surface area contributed by atoms with Crippen LogP contribution in [-0.2, 0) is 21.9 Å². The summed E-state index contributed by atoms with van der Waals surface area (Å²) in [5.41, 5.74) is 0. The fourth-order valence-corrected chi connectivity index (χ4v) is 4.40. The van der Waals surface area contributed by atoms with Crippen molar-refractivity contribution in [1.29, 1.82) is 0 Å². The highest BCUT2D eigenvalue weighted by Crippen LogP contribution is 2.19. The van der Waals surface area contributed by atoms with Crippen molar-refractivity contribution in [3.8, 4) is 11.5 Å². The van der Waals surface area contributed by atoms with Gasteiger partial charge in [-0.1, -0.05) is 6.07 Å². The van der Waals surface area contributed by atoms with E-state index in [1.54, 1.807) is 47.9 Å². The van der Waals surface area contributed by atoms with Crippen molar-refractivity contribution < 1.29 is 22.7 Å². The zero-order valence-corrected chi connectivity index (χ0v) is 16.8. The Kier molecular flexibility index (Phi) is 6.20. The van der Waals surface area contributed by atoms with Gasteiger partial charge < -0.3 is 18.9 Å². The van der Waals surface area contributed by atoms with E-state index in [1.807, 2.05) is 0 Å². The van der Waals surface area contributed by atoms with Crippen molar-refractivity contribution in [2.24, 2.45) is 7.05 Å². The molecule has 0 saturated carbocycles. The first-order valence-corrected chi connectivity index (χ1v) is 10.4. The molecule has 152 valence electrons. The fourth-order valence-electron chi connectivity index (χ4n) is 2.97. The average molecular weight is 408 g/mol. The second-order valence-corrected chi connectivity index (χ2v) is 8.37. The van der Waals surface area contributed by atoms with Gasteiger partial charge in [0.2, 0.25) is 0 Å². The molecular weight excluding hydrogens is 384 g/mol. The van der Waals surface area contributed by atoms with Gasteiger partial charge in [0, 0.05) is 45.5 Å². The molecule has 1 amide bonds. The lowest BCUT2D eigenvalue weighted by Crippen LogP contribution is -2.39. The van der Waals surface area contributed by atoms with Gasteiger partial charge in [0.05, 0.1) is 13.4 Å². The molecule has 9 nitrogen and oxygen atoms in total. The van der Waals surface area contributed by atoms with Crippen LogP contribution in [-0.4, -0.2) is 73.0 Å². The summed E-state index contributed by atoms with van der Waals surface area (Å²) in [6.45, 7) is 1.25. The van der Waals surface area contributed by atoms with Gasteiger partial charge in [-0.2, -0.15) is 4.31 Å². The highest BCUT2D eigenvalue weighted by atomic mass is 32.2. The Morgan fingerprint density at radius 2 is 1.96 bits per heavy atom. The van der Waals surface area contributed by atoms with E-state index < -0.39 is 10.0 Å². The number of methoxy groups -OCH3 is 1. The fraction of sp³-hybridized carbons (Fsp3) is 0.444. The molecule has 1 aromatic carbocycles. The van der Waals surface area contributed by atoms with E-state index in [-0.39, 0.29) is 24.1 Å². The third kappa shape index (κ3) is 4.63. The monoisotopic (exact) mass is 408 g/mol. The highest BCUT2D eigenvalue weighted by molar-refractivity contribution is 7.89. The largest absolute Gasteiger partial charge is 0.497 e. The van der Waals surface area contributed by atoms with Crippen molar-refractivity contribution >= 4 is 15.9 Å². The van der Waals surface area contributed by atoms with E-state index in [0.29, 0.717) is 37.6 Å². The maximum atomic E-state index is 12.7. The maximum Gasteiger partial charge on any atom is 0.262 e. The number of rotatable bonds is 6. The Morgan fingerprint density at radius 1 is 1.18 bits per heavy atom. The maximum absolute atomic E-state index is 12.7. The molecule has 0 atom stereocenters. The standard InChI is InChI=1S/C18H24N4O5S/c1-20-12-17(19-14-20)28(24,25)22-8-4-7-21(9-10-22)18(23)13-27-16-6-3-5-15(11-16)26-2/h3,5-6,11-12,14H,4,7-10,13H2,1-2H3. The predicted octanol–water partition coefficient (Wildman–Crippen LogP) is 0.731. The third-order valence-corrected chi connectivity index (χ3v) is 6.28. The molecule has 0 spiro atoms. The number of amides is 1. The van der Waals surface area contributed by atoms with Gasteiger partial charge in [-0.05, 0) is 18.6 Å². The minimum absolute atomic E-state index is 0.0242. The molecule has 0 N–H and O–H groups in total. The number of hydrogen-bond donors (Lipinski definition) is 0. The summed E-state index contributed by atoms with van der Waals surface area (Å²) < 4.78 is 39.1. The molecule has 0 radical (unpaired) electrons. The summed E-state index contributed by atoms with van der Waals surface area (Å²) in [7, 11) is -0.377. The number of imidazole rings is 1. The molecule has 3 rings (SSSR count). The second kappa shape index (κ2) is 8.61. The average Bonchev–Trinajstić information content (AvgIpc) is 2.98. The molecule has 0 bridgehead atoms. The number of benzene rings is 1. The molecule has 28 heavy (non-hydrogen) atoms. The Bertz CT molecular complexity index is 928. The van der Waals surface area contributed by atoms with E-state index in [9.17, 15) is 13.2 Å². The number of aromatic nitrogens is 2. The molecule has 1 aromatic heterocycles. The van der Waals surface area contributed by atoms with Crippen LogP contribution in [0.5, 0.6) is 11.5 Å². The second-order valence-electron chi connectivity index (χ2n) is 6.48. The van der Waals surface area contributed by atoms with E-state index >= 15 is 0 Å². The molecule has 1 fully saturated rings. The Labute approximate surface area is 164 Å². The lowest BCUT2D eigenvalue weighted by molar-refractivity contribution is -0.133. The van der Waals surface area contributed by atoms with Crippen LogP contribution < -0.4 is 9.47 Å². The van der Waals surface area contributed by atoms with E-state index in [2.05, 4.69) is 4.98 Å². The van der Waals surface area contributed by atoms with Crippen molar-refractivity contribution in [3.63, 3.8) is 0 Å². The summed E-state index contributed by atoms with van der Waals surface area (Å²) in [5, 5.41) is 0.0242. The quantitative estimate of drug-likeness (QED) is 0.700. The van der Waals surface area contributed by atoms with Gasteiger partial charge in [-0.15, -0.1) is 0 Å². The SMILES string of the molecule is COc1cccc(OCC(=O)N2CCCN(S(=O)(=O)c3cn(C)cn3)CC2)c1. The number of sulfonamides is 1. The van der Waals surface area contributed by atoms with Gasteiger partial charge >= 0.3 is 0 Å². The Morgan fingerprint density at radius 3 is 2.68 bits per heavy atom. The summed E-state index contributed by atoms with van der Waals surface area (Å²) in [4.78, 5) is 18.1. The van der Waals surface area contributed by atoms with Crippen LogP contribution in [0.25, 0.3) is 0 Å². The molecule has 2 aromatic rings. The normalized spacial score (nSPS) is 15.9.